The van der Waals surface area contributed by atoms with Crippen molar-refractivity contribution in [3.63, 3.8) is 0 Å². The van der Waals surface area contributed by atoms with E-state index in [1.54, 1.807) is 24.0 Å². The van der Waals surface area contributed by atoms with Gasteiger partial charge < -0.3 is 19.9 Å². The molecule has 1 aromatic heterocycles. The van der Waals surface area contributed by atoms with Crippen LogP contribution in [0.5, 0.6) is 5.75 Å². The summed E-state index contributed by atoms with van der Waals surface area (Å²) in [6, 6.07) is 6.94. The van der Waals surface area contributed by atoms with Crippen molar-refractivity contribution in [1.29, 1.82) is 0 Å². The van der Waals surface area contributed by atoms with Gasteiger partial charge in [-0.2, -0.15) is 0 Å². The van der Waals surface area contributed by atoms with Crippen molar-refractivity contribution >= 4 is 29.0 Å². The third kappa shape index (κ3) is 3.96. The Kier molecular flexibility index (Phi) is 5.41. The van der Waals surface area contributed by atoms with E-state index >= 15 is 0 Å². The lowest BCUT2D eigenvalue weighted by atomic mass is 10.2. The fourth-order valence-electron chi connectivity index (χ4n) is 2.92. The van der Waals surface area contributed by atoms with E-state index in [0.29, 0.717) is 18.8 Å². The number of carbonyl (C=O) groups excluding carboxylic acids is 2. The van der Waals surface area contributed by atoms with Gasteiger partial charge in [0.1, 0.15) is 10.8 Å². The number of aromatic nitrogens is 1. The summed E-state index contributed by atoms with van der Waals surface area (Å²) in [5.74, 6) is 0.613. The highest BCUT2D eigenvalue weighted by Crippen LogP contribution is 2.31. The molecule has 8 heteroatoms. The standard InChI is InChI=1S/C18H22N4O3S/c1-12-11-26-16(19-12)10-21(2)18(24)20-13-8-17(23)22(9-13)14-6-4-5-7-15(14)25-3/h4-7,11,13H,8-10H2,1-3H3,(H,20,24). The van der Waals surface area contributed by atoms with Crippen LogP contribution in [0.25, 0.3) is 0 Å². The third-order valence-electron chi connectivity index (χ3n) is 4.21. The number of anilines is 1. The van der Waals surface area contributed by atoms with Crippen molar-refractivity contribution in [2.75, 3.05) is 25.6 Å². The zero-order valence-corrected chi connectivity index (χ0v) is 15.9. The number of benzene rings is 1. The Balaban J connectivity index is 1.61. The normalized spacial score (nSPS) is 16.7. The van der Waals surface area contributed by atoms with Gasteiger partial charge in [0.2, 0.25) is 5.91 Å². The highest BCUT2D eigenvalue weighted by atomic mass is 32.1. The van der Waals surface area contributed by atoms with E-state index in [0.717, 1.165) is 16.4 Å². The first kappa shape index (κ1) is 18.2. The Morgan fingerprint density at radius 1 is 1.46 bits per heavy atom. The van der Waals surface area contributed by atoms with Crippen LogP contribution in [0.15, 0.2) is 29.6 Å². The number of ether oxygens (including phenoxy) is 1. The molecule has 1 aliphatic heterocycles. The maximum Gasteiger partial charge on any atom is 0.317 e. The first-order valence-corrected chi connectivity index (χ1v) is 9.22. The number of methoxy groups -OCH3 is 1. The first-order chi connectivity index (χ1) is 12.5. The molecule has 1 aliphatic rings. The monoisotopic (exact) mass is 374 g/mol. The topological polar surface area (TPSA) is 74.8 Å². The number of amides is 3. The molecule has 1 aromatic carbocycles. The van der Waals surface area contributed by atoms with Crippen LogP contribution in [0.4, 0.5) is 10.5 Å². The van der Waals surface area contributed by atoms with Gasteiger partial charge in [-0.1, -0.05) is 12.1 Å². The lowest BCUT2D eigenvalue weighted by molar-refractivity contribution is -0.117. The second kappa shape index (κ2) is 7.74. The van der Waals surface area contributed by atoms with Crippen LogP contribution in [-0.2, 0) is 11.3 Å². The van der Waals surface area contributed by atoms with Gasteiger partial charge in [0.25, 0.3) is 0 Å². The average molecular weight is 374 g/mol. The summed E-state index contributed by atoms with van der Waals surface area (Å²) in [5, 5.41) is 5.78. The van der Waals surface area contributed by atoms with Crippen molar-refractivity contribution in [2.45, 2.75) is 25.9 Å². The number of hydrogen-bond acceptors (Lipinski definition) is 5. The Labute approximate surface area is 156 Å². The van der Waals surface area contributed by atoms with E-state index in [1.165, 1.54) is 11.3 Å². The minimum atomic E-state index is -0.236. The summed E-state index contributed by atoms with van der Waals surface area (Å²) < 4.78 is 5.33. The van der Waals surface area contributed by atoms with Crippen LogP contribution in [0, 0.1) is 6.92 Å². The summed E-state index contributed by atoms with van der Waals surface area (Å²) in [6.45, 7) is 2.80. The molecule has 1 unspecified atom stereocenters. The minimum absolute atomic E-state index is 0.0296. The largest absolute Gasteiger partial charge is 0.495 e. The van der Waals surface area contributed by atoms with E-state index < -0.39 is 0 Å². The second-order valence-electron chi connectivity index (χ2n) is 6.27. The summed E-state index contributed by atoms with van der Waals surface area (Å²) >= 11 is 1.53. The van der Waals surface area contributed by atoms with Crippen LogP contribution in [0.1, 0.15) is 17.1 Å². The fourth-order valence-corrected chi connectivity index (χ4v) is 3.75. The highest BCUT2D eigenvalue weighted by molar-refractivity contribution is 7.09. The van der Waals surface area contributed by atoms with Gasteiger partial charge >= 0.3 is 6.03 Å². The molecule has 0 aliphatic carbocycles. The molecule has 26 heavy (non-hydrogen) atoms. The molecular formula is C18H22N4O3S. The number of hydrogen-bond donors (Lipinski definition) is 1. The van der Waals surface area contributed by atoms with E-state index in [2.05, 4.69) is 10.3 Å². The molecule has 1 N–H and O–H groups in total. The highest BCUT2D eigenvalue weighted by Gasteiger charge is 2.33. The number of carbonyl (C=O) groups is 2. The van der Waals surface area contributed by atoms with Crippen LogP contribution < -0.4 is 15.0 Å². The van der Waals surface area contributed by atoms with Crippen LogP contribution >= 0.6 is 11.3 Å². The molecule has 1 fully saturated rings. The summed E-state index contributed by atoms with van der Waals surface area (Å²) in [5.41, 5.74) is 1.68. The number of nitrogens with one attached hydrogen (secondary N) is 1. The maximum atomic E-state index is 12.4. The molecule has 3 amide bonds. The van der Waals surface area contributed by atoms with Gasteiger partial charge in [0.15, 0.2) is 0 Å². The molecule has 138 valence electrons. The Bertz CT molecular complexity index is 807. The van der Waals surface area contributed by atoms with Crippen molar-refractivity contribution < 1.29 is 14.3 Å². The summed E-state index contributed by atoms with van der Waals surface area (Å²) in [4.78, 5) is 32.4. The fraction of sp³-hybridized carbons (Fsp3) is 0.389. The van der Waals surface area contributed by atoms with Crippen LogP contribution in [0.2, 0.25) is 0 Å². The predicted octanol–water partition coefficient (Wildman–Crippen LogP) is 2.41. The molecule has 0 bridgehead atoms. The van der Waals surface area contributed by atoms with E-state index in [-0.39, 0.29) is 24.4 Å². The smallest absolute Gasteiger partial charge is 0.317 e. The third-order valence-corrected chi connectivity index (χ3v) is 5.17. The molecule has 0 saturated carbocycles. The second-order valence-corrected chi connectivity index (χ2v) is 7.21. The van der Waals surface area contributed by atoms with Crippen LogP contribution in [-0.4, -0.2) is 48.6 Å². The first-order valence-electron chi connectivity index (χ1n) is 8.34. The molecule has 1 saturated heterocycles. The van der Waals surface area contributed by atoms with Crippen molar-refractivity contribution in [3.05, 3.63) is 40.3 Å². The number of rotatable bonds is 5. The van der Waals surface area contributed by atoms with Gasteiger partial charge in [0.05, 0.1) is 25.4 Å². The number of nitrogens with zero attached hydrogens (tertiary/aromatic N) is 3. The zero-order chi connectivity index (χ0) is 18.7. The molecular weight excluding hydrogens is 352 g/mol. The van der Waals surface area contributed by atoms with E-state index in [1.807, 2.05) is 36.6 Å². The van der Waals surface area contributed by atoms with Crippen molar-refractivity contribution in [2.24, 2.45) is 0 Å². The van der Waals surface area contributed by atoms with Gasteiger partial charge in [-0.05, 0) is 19.1 Å². The lowest BCUT2D eigenvalue weighted by Crippen LogP contribution is -2.44. The van der Waals surface area contributed by atoms with Crippen molar-refractivity contribution in [3.8, 4) is 5.75 Å². The minimum Gasteiger partial charge on any atom is -0.495 e. The Morgan fingerprint density at radius 2 is 2.23 bits per heavy atom. The van der Waals surface area contributed by atoms with E-state index in [9.17, 15) is 9.59 Å². The SMILES string of the molecule is COc1ccccc1N1CC(NC(=O)N(C)Cc2nc(C)cs2)CC1=O. The number of urea groups is 1. The average Bonchev–Trinajstić information content (AvgIpc) is 3.19. The van der Waals surface area contributed by atoms with Gasteiger partial charge in [-0.3, -0.25) is 4.79 Å². The summed E-state index contributed by atoms with van der Waals surface area (Å²) in [7, 11) is 3.30. The number of thiazole rings is 1. The lowest BCUT2D eigenvalue weighted by Gasteiger charge is -2.21. The Hall–Kier alpha value is -2.61. The van der Waals surface area contributed by atoms with Gasteiger partial charge in [0, 0.05) is 31.1 Å². The van der Waals surface area contributed by atoms with E-state index in [4.69, 9.17) is 4.74 Å². The molecule has 3 rings (SSSR count). The van der Waals surface area contributed by atoms with Crippen LogP contribution in [0.3, 0.4) is 0 Å². The molecule has 2 aromatic rings. The zero-order valence-electron chi connectivity index (χ0n) is 15.1. The molecule has 7 nitrogen and oxygen atoms in total. The number of aryl methyl sites for hydroxylation is 1. The Morgan fingerprint density at radius 3 is 2.92 bits per heavy atom. The predicted molar refractivity (Wildman–Crippen MR) is 101 cm³/mol. The quantitative estimate of drug-likeness (QED) is 0.872. The molecule has 0 radical (unpaired) electrons. The maximum absolute atomic E-state index is 12.4. The van der Waals surface area contributed by atoms with Gasteiger partial charge in [-0.15, -0.1) is 11.3 Å². The molecule has 1 atom stereocenters. The van der Waals surface area contributed by atoms with Crippen molar-refractivity contribution in [1.82, 2.24) is 15.2 Å². The summed E-state index contributed by atoms with van der Waals surface area (Å²) in [6.07, 6.45) is 0.272. The molecule has 2 heterocycles. The van der Waals surface area contributed by atoms with Gasteiger partial charge in [-0.25, -0.2) is 9.78 Å². The number of para-hydroxylation sites is 2. The molecule has 0 spiro atoms.